The molecule has 2 aromatic rings. The van der Waals surface area contributed by atoms with E-state index < -0.39 is 12.0 Å². The van der Waals surface area contributed by atoms with Crippen molar-refractivity contribution in [1.29, 1.82) is 0 Å². The van der Waals surface area contributed by atoms with Crippen LogP contribution in [0.25, 0.3) is 5.69 Å². The van der Waals surface area contributed by atoms with E-state index in [1.165, 1.54) is 13.2 Å². The van der Waals surface area contributed by atoms with Crippen molar-refractivity contribution in [2.75, 3.05) is 7.11 Å². The van der Waals surface area contributed by atoms with Gasteiger partial charge in [-0.1, -0.05) is 0 Å². The highest BCUT2D eigenvalue weighted by Crippen LogP contribution is 2.20. The van der Waals surface area contributed by atoms with E-state index in [4.69, 9.17) is 9.84 Å². The van der Waals surface area contributed by atoms with Crippen LogP contribution >= 0.6 is 0 Å². The molecule has 2 aromatic heterocycles. The first-order valence-electron chi connectivity index (χ1n) is 5.86. The number of hydrogen-bond acceptors (Lipinski definition) is 5. The molecule has 0 aliphatic carbocycles. The van der Waals surface area contributed by atoms with Crippen LogP contribution in [0, 0.1) is 6.92 Å². The van der Waals surface area contributed by atoms with Gasteiger partial charge in [0.25, 0.3) is 5.91 Å². The molecule has 2 rings (SSSR count). The Morgan fingerprint density at radius 2 is 2.10 bits per heavy atom. The summed E-state index contributed by atoms with van der Waals surface area (Å²) < 4.78 is 6.86. The van der Waals surface area contributed by atoms with Crippen LogP contribution in [0.5, 0.6) is 5.88 Å². The fraction of sp³-hybridized carbons (Fsp3) is 0.167. The third kappa shape index (κ3) is 3.26. The van der Waals surface area contributed by atoms with Crippen LogP contribution in [0.15, 0.2) is 24.7 Å². The van der Waals surface area contributed by atoms with Gasteiger partial charge in [-0.3, -0.25) is 10.2 Å². The molecule has 3 N–H and O–H groups in total. The first-order valence-corrected chi connectivity index (χ1v) is 5.86. The molecule has 0 unspecified atom stereocenters. The Morgan fingerprint density at radius 3 is 2.67 bits per heavy atom. The molecule has 0 bridgehead atoms. The van der Waals surface area contributed by atoms with Gasteiger partial charge in [-0.05, 0) is 19.1 Å². The van der Waals surface area contributed by atoms with Crippen LogP contribution in [-0.4, -0.2) is 38.8 Å². The van der Waals surface area contributed by atoms with E-state index in [2.05, 4.69) is 9.97 Å². The van der Waals surface area contributed by atoms with Gasteiger partial charge in [-0.2, -0.15) is 0 Å². The van der Waals surface area contributed by atoms with Crippen molar-refractivity contribution in [3.05, 3.63) is 36.0 Å². The lowest BCUT2D eigenvalue weighted by atomic mass is 10.3. The van der Waals surface area contributed by atoms with Crippen LogP contribution in [-0.2, 0) is 0 Å². The number of aromatic nitrogens is 3. The number of carbonyl (C=O) groups is 2. The van der Waals surface area contributed by atoms with Gasteiger partial charge in [0.05, 0.1) is 19.1 Å². The average molecular weight is 291 g/mol. The Balaban J connectivity index is 2.28. The SMILES string of the molecule is COc1nc(C(=O)NNC(=O)O)ccc1-n1cnc(C)c1. The molecule has 0 radical (unpaired) electrons. The van der Waals surface area contributed by atoms with E-state index >= 15 is 0 Å². The Kier molecular flexibility index (Phi) is 4.02. The zero-order valence-electron chi connectivity index (χ0n) is 11.3. The topological polar surface area (TPSA) is 118 Å². The lowest BCUT2D eigenvalue weighted by Crippen LogP contribution is -2.41. The Morgan fingerprint density at radius 1 is 1.33 bits per heavy atom. The first kappa shape index (κ1) is 14.3. The van der Waals surface area contributed by atoms with E-state index in [9.17, 15) is 9.59 Å². The van der Waals surface area contributed by atoms with Crippen molar-refractivity contribution in [2.24, 2.45) is 0 Å². The van der Waals surface area contributed by atoms with E-state index in [1.807, 2.05) is 12.3 Å². The highest BCUT2D eigenvalue weighted by atomic mass is 16.5. The molecule has 110 valence electrons. The Labute approximate surface area is 119 Å². The van der Waals surface area contributed by atoms with Gasteiger partial charge < -0.3 is 14.4 Å². The smallest absolute Gasteiger partial charge is 0.423 e. The second-order valence-electron chi connectivity index (χ2n) is 4.03. The van der Waals surface area contributed by atoms with Gasteiger partial charge in [0.1, 0.15) is 11.4 Å². The molecular weight excluding hydrogens is 278 g/mol. The summed E-state index contributed by atoms with van der Waals surface area (Å²) in [6.45, 7) is 1.84. The number of aryl methyl sites for hydroxylation is 1. The van der Waals surface area contributed by atoms with Gasteiger partial charge in [0.2, 0.25) is 5.88 Å². The first-order chi connectivity index (χ1) is 10.0. The van der Waals surface area contributed by atoms with Crippen molar-refractivity contribution < 1.29 is 19.4 Å². The fourth-order valence-electron chi connectivity index (χ4n) is 1.63. The highest BCUT2D eigenvalue weighted by molar-refractivity contribution is 5.93. The number of ether oxygens (including phenoxy) is 1. The number of imidazole rings is 1. The number of carbonyl (C=O) groups excluding carboxylic acids is 1. The van der Waals surface area contributed by atoms with Crippen molar-refractivity contribution in [3.8, 4) is 11.6 Å². The molecule has 2 heterocycles. The van der Waals surface area contributed by atoms with Gasteiger partial charge >= 0.3 is 6.09 Å². The summed E-state index contributed by atoms with van der Waals surface area (Å²) in [7, 11) is 1.42. The average Bonchev–Trinajstić information content (AvgIpc) is 2.90. The molecule has 9 nitrogen and oxygen atoms in total. The number of nitrogens with one attached hydrogen (secondary N) is 2. The number of hydrogen-bond donors (Lipinski definition) is 3. The molecule has 0 fully saturated rings. The Hall–Kier alpha value is -3.10. The highest BCUT2D eigenvalue weighted by Gasteiger charge is 2.14. The molecule has 21 heavy (non-hydrogen) atoms. The zero-order chi connectivity index (χ0) is 15.4. The van der Waals surface area contributed by atoms with Crippen molar-refractivity contribution in [2.45, 2.75) is 6.92 Å². The van der Waals surface area contributed by atoms with Crippen molar-refractivity contribution in [3.63, 3.8) is 0 Å². The molecule has 0 saturated carbocycles. The molecule has 0 aliphatic rings. The maximum atomic E-state index is 11.7. The van der Waals surface area contributed by atoms with Crippen LogP contribution in [0.3, 0.4) is 0 Å². The van der Waals surface area contributed by atoms with E-state index in [1.54, 1.807) is 28.6 Å². The predicted octanol–water partition coefficient (Wildman–Crippen LogP) is 0.497. The lowest BCUT2D eigenvalue weighted by molar-refractivity contribution is 0.0920. The molecular formula is C12H13N5O4. The summed E-state index contributed by atoms with van der Waals surface area (Å²) in [5.41, 5.74) is 5.19. The number of rotatable bonds is 3. The van der Waals surface area contributed by atoms with E-state index in [0.717, 1.165) is 5.69 Å². The van der Waals surface area contributed by atoms with Crippen LogP contribution in [0.4, 0.5) is 4.79 Å². The van der Waals surface area contributed by atoms with Gasteiger partial charge in [-0.25, -0.2) is 20.2 Å². The summed E-state index contributed by atoms with van der Waals surface area (Å²) >= 11 is 0. The Bertz CT molecular complexity index is 682. The summed E-state index contributed by atoms with van der Waals surface area (Å²) in [5, 5.41) is 8.42. The standard InChI is InChI=1S/C12H13N5O4/c1-7-5-17(6-13-7)9-4-3-8(14-11(9)21-2)10(18)15-16-12(19)20/h3-6,16H,1-2H3,(H,15,18)(H,19,20). The summed E-state index contributed by atoms with van der Waals surface area (Å²) in [6, 6.07) is 3.08. The predicted molar refractivity (Wildman–Crippen MR) is 71.3 cm³/mol. The number of pyridine rings is 1. The van der Waals surface area contributed by atoms with Gasteiger partial charge in [0, 0.05) is 6.20 Å². The molecule has 2 amide bonds. The minimum absolute atomic E-state index is 0.0150. The zero-order valence-corrected chi connectivity index (χ0v) is 11.3. The maximum Gasteiger partial charge on any atom is 0.423 e. The van der Waals surface area contributed by atoms with Gasteiger partial charge in [-0.15, -0.1) is 0 Å². The summed E-state index contributed by atoms with van der Waals surface area (Å²) in [5.74, 6) is -0.473. The molecule has 0 saturated heterocycles. The largest absolute Gasteiger partial charge is 0.479 e. The van der Waals surface area contributed by atoms with Crippen LogP contribution in [0.1, 0.15) is 16.2 Å². The van der Waals surface area contributed by atoms with E-state index in [-0.39, 0.29) is 11.6 Å². The third-order valence-electron chi connectivity index (χ3n) is 2.54. The number of methoxy groups -OCH3 is 1. The number of carboxylic acid groups (broad SMARTS) is 1. The molecule has 0 atom stereocenters. The fourth-order valence-corrected chi connectivity index (χ4v) is 1.63. The second-order valence-corrected chi connectivity index (χ2v) is 4.03. The minimum Gasteiger partial charge on any atom is -0.479 e. The van der Waals surface area contributed by atoms with Crippen molar-refractivity contribution >= 4 is 12.0 Å². The number of amides is 2. The van der Waals surface area contributed by atoms with Gasteiger partial charge in [0.15, 0.2) is 0 Å². The molecule has 0 aromatic carbocycles. The van der Waals surface area contributed by atoms with Crippen LogP contribution < -0.4 is 15.6 Å². The quantitative estimate of drug-likeness (QED) is 0.708. The minimum atomic E-state index is -1.37. The number of hydrazine groups is 1. The number of nitrogens with zero attached hydrogens (tertiary/aromatic N) is 3. The second kappa shape index (κ2) is 5.90. The lowest BCUT2D eigenvalue weighted by Gasteiger charge is -2.10. The summed E-state index contributed by atoms with van der Waals surface area (Å²) in [6.07, 6.45) is 2.01. The third-order valence-corrected chi connectivity index (χ3v) is 2.54. The molecule has 0 aliphatic heterocycles. The van der Waals surface area contributed by atoms with Crippen LogP contribution in [0.2, 0.25) is 0 Å². The summed E-state index contributed by atoms with van der Waals surface area (Å²) in [4.78, 5) is 30.2. The van der Waals surface area contributed by atoms with Crippen molar-refractivity contribution in [1.82, 2.24) is 25.4 Å². The van der Waals surface area contributed by atoms with E-state index in [0.29, 0.717) is 5.69 Å². The molecule has 0 spiro atoms. The normalized spacial score (nSPS) is 10.0. The molecule has 9 heteroatoms. The maximum absolute atomic E-state index is 11.7. The monoisotopic (exact) mass is 291 g/mol.